The number of thiazole rings is 1. The molecule has 0 amide bonds. The van der Waals surface area contributed by atoms with Gasteiger partial charge in [0.2, 0.25) is 0 Å². The first-order chi connectivity index (χ1) is 15.7. The van der Waals surface area contributed by atoms with Gasteiger partial charge in [0.05, 0.1) is 12.3 Å². The second-order valence-corrected chi connectivity index (χ2v) is 9.93. The van der Waals surface area contributed by atoms with E-state index in [9.17, 15) is 5.11 Å². The second kappa shape index (κ2) is 7.73. The zero-order chi connectivity index (χ0) is 21.7. The van der Waals surface area contributed by atoms with E-state index in [1.165, 1.54) is 16.9 Å². The van der Waals surface area contributed by atoms with Gasteiger partial charge in [-0.1, -0.05) is 47.7 Å². The van der Waals surface area contributed by atoms with Crippen LogP contribution in [0.3, 0.4) is 0 Å². The van der Waals surface area contributed by atoms with Crippen molar-refractivity contribution in [3.8, 4) is 10.6 Å². The number of aliphatic hydroxyl groups excluding tert-OH is 1. The number of fused-ring (bicyclic) bond motifs is 1. The highest BCUT2D eigenvalue weighted by atomic mass is 32.1. The highest BCUT2D eigenvalue weighted by Crippen LogP contribution is 2.53. The van der Waals surface area contributed by atoms with Crippen LogP contribution >= 0.6 is 11.3 Å². The largest absolute Gasteiger partial charge is 0.395 e. The van der Waals surface area contributed by atoms with E-state index in [0.717, 1.165) is 47.4 Å². The Morgan fingerprint density at radius 1 is 1.06 bits per heavy atom. The summed E-state index contributed by atoms with van der Waals surface area (Å²) in [6.45, 7) is 0.879. The van der Waals surface area contributed by atoms with Crippen LogP contribution in [0.5, 0.6) is 0 Å². The molecular formula is C26H24FN3OS. The van der Waals surface area contributed by atoms with Gasteiger partial charge in [0.25, 0.3) is 0 Å². The molecular weight excluding hydrogens is 421 g/mol. The normalized spacial score (nSPS) is 21.8. The van der Waals surface area contributed by atoms with Crippen molar-refractivity contribution in [2.45, 2.75) is 36.6 Å². The van der Waals surface area contributed by atoms with Crippen LogP contribution in [-0.2, 0) is 5.41 Å². The van der Waals surface area contributed by atoms with Crippen LogP contribution in [0.15, 0.2) is 60.7 Å². The number of nitrogens with zero attached hydrogens (tertiary/aromatic N) is 2. The summed E-state index contributed by atoms with van der Waals surface area (Å²) < 4.78 is 15.1. The van der Waals surface area contributed by atoms with Gasteiger partial charge in [0.15, 0.2) is 0 Å². The summed E-state index contributed by atoms with van der Waals surface area (Å²) in [6, 6.07) is 20.2. The quantitative estimate of drug-likeness (QED) is 0.453. The molecule has 2 atom stereocenters. The van der Waals surface area contributed by atoms with Crippen LogP contribution in [0.2, 0.25) is 0 Å². The summed E-state index contributed by atoms with van der Waals surface area (Å²) in [4.78, 5) is 10.5. The molecule has 4 aromatic rings. The maximum atomic E-state index is 15.1. The third-order valence-corrected chi connectivity index (χ3v) is 7.96. The highest BCUT2D eigenvalue weighted by molar-refractivity contribution is 7.21. The number of pyridine rings is 1. The molecule has 0 unspecified atom stereocenters. The van der Waals surface area contributed by atoms with Gasteiger partial charge in [0, 0.05) is 23.6 Å². The molecule has 6 heteroatoms. The average molecular weight is 446 g/mol. The van der Waals surface area contributed by atoms with Gasteiger partial charge in [-0.2, -0.15) is 0 Å². The molecule has 32 heavy (non-hydrogen) atoms. The Hall–Kier alpha value is -2.67. The van der Waals surface area contributed by atoms with Gasteiger partial charge in [-0.05, 0) is 60.6 Å². The van der Waals surface area contributed by atoms with Crippen LogP contribution < -0.4 is 5.32 Å². The smallest absolute Gasteiger partial charge is 0.144 e. The fourth-order valence-electron chi connectivity index (χ4n) is 4.94. The molecule has 162 valence electrons. The monoisotopic (exact) mass is 445 g/mol. The molecule has 2 N–H and O–H groups in total. The lowest BCUT2D eigenvalue weighted by Crippen LogP contribution is -2.24. The lowest BCUT2D eigenvalue weighted by atomic mass is 9.92. The van der Waals surface area contributed by atoms with Crippen LogP contribution in [0.1, 0.15) is 42.0 Å². The van der Waals surface area contributed by atoms with Gasteiger partial charge in [-0.15, -0.1) is 0 Å². The summed E-state index contributed by atoms with van der Waals surface area (Å²) >= 11 is 1.45. The fourth-order valence-corrected chi connectivity index (χ4v) is 5.91. The third-order valence-electron chi connectivity index (χ3n) is 6.96. The van der Waals surface area contributed by atoms with E-state index in [4.69, 9.17) is 4.98 Å². The van der Waals surface area contributed by atoms with Gasteiger partial charge < -0.3 is 10.4 Å². The molecule has 4 nitrogen and oxygen atoms in total. The Morgan fingerprint density at radius 3 is 2.62 bits per heavy atom. The predicted molar refractivity (Wildman–Crippen MR) is 125 cm³/mol. The van der Waals surface area contributed by atoms with E-state index >= 15 is 4.39 Å². The first-order valence-corrected chi connectivity index (χ1v) is 12.0. The van der Waals surface area contributed by atoms with E-state index < -0.39 is 0 Å². The van der Waals surface area contributed by atoms with Crippen molar-refractivity contribution in [3.05, 3.63) is 83.3 Å². The number of halogens is 1. The first-order valence-electron chi connectivity index (χ1n) is 11.1. The van der Waals surface area contributed by atoms with Crippen molar-refractivity contribution < 1.29 is 9.50 Å². The van der Waals surface area contributed by atoms with Crippen LogP contribution in [0.4, 0.5) is 4.39 Å². The lowest BCUT2D eigenvalue weighted by molar-refractivity contribution is 0.254. The van der Waals surface area contributed by atoms with E-state index in [1.807, 2.05) is 24.3 Å². The van der Waals surface area contributed by atoms with E-state index in [2.05, 4.69) is 40.6 Å². The number of hydrogen-bond acceptors (Lipinski definition) is 5. The zero-order valence-electron chi connectivity index (χ0n) is 17.6. The Balaban J connectivity index is 1.31. The molecule has 0 spiro atoms. The number of nitrogens with one attached hydrogen (secondary N) is 1. The number of benzene rings is 2. The van der Waals surface area contributed by atoms with Crippen molar-refractivity contribution in [1.29, 1.82) is 0 Å². The summed E-state index contributed by atoms with van der Waals surface area (Å²) in [5, 5.41) is 13.3. The molecule has 2 aromatic heterocycles. The van der Waals surface area contributed by atoms with Crippen LogP contribution in [0, 0.1) is 5.82 Å². The molecule has 2 aliphatic rings. The molecule has 2 aromatic carbocycles. The van der Waals surface area contributed by atoms with Crippen molar-refractivity contribution in [3.63, 3.8) is 0 Å². The topological polar surface area (TPSA) is 58.0 Å². The summed E-state index contributed by atoms with van der Waals surface area (Å²) in [5.74, 6) is -0.0276. The Bertz CT molecular complexity index is 1280. The molecule has 1 aliphatic carbocycles. The standard InChI is InChI=1S/C26H24FN3OS/c27-21-13-16(17-12-19(15-31)28-14-17)6-7-20(21)24-29-22-8-9-23(30-25(22)32-24)26(10-11-26)18-4-2-1-3-5-18/h1-9,13,17,19,28,31H,10-12,14-15H2/t17-,19+/m1/s1. The van der Waals surface area contributed by atoms with Crippen molar-refractivity contribution >= 4 is 21.7 Å². The van der Waals surface area contributed by atoms with Crippen LogP contribution in [0.25, 0.3) is 20.9 Å². The van der Waals surface area contributed by atoms with Crippen molar-refractivity contribution in [2.75, 3.05) is 13.2 Å². The first kappa shape index (κ1) is 20.0. The van der Waals surface area contributed by atoms with Gasteiger partial charge in [-0.3, -0.25) is 0 Å². The zero-order valence-corrected chi connectivity index (χ0v) is 18.4. The minimum absolute atomic E-state index is 0.00818. The third kappa shape index (κ3) is 3.34. The molecule has 2 fully saturated rings. The molecule has 1 aliphatic heterocycles. The van der Waals surface area contributed by atoms with E-state index in [-0.39, 0.29) is 29.8 Å². The summed E-state index contributed by atoms with van der Waals surface area (Å²) in [6.07, 6.45) is 3.03. The summed E-state index contributed by atoms with van der Waals surface area (Å²) in [7, 11) is 0. The SMILES string of the molecule is OC[C@@H]1C[C@@H](c2ccc(-c3nc4ccc(C5(c6ccccc6)CC5)nc4s3)c(F)c2)CN1. The molecule has 3 heterocycles. The average Bonchev–Trinajstić information content (AvgIpc) is 3.30. The Kier molecular flexibility index (Phi) is 4.82. The number of aromatic nitrogens is 2. The molecule has 6 rings (SSSR count). The van der Waals surface area contributed by atoms with Gasteiger partial charge in [0.1, 0.15) is 21.2 Å². The van der Waals surface area contributed by atoms with Crippen molar-refractivity contribution in [1.82, 2.24) is 15.3 Å². The Morgan fingerprint density at radius 2 is 1.91 bits per heavy atom. The number of rotatable bonds is 5. The molecule has 0 bridgehead atoms. The molecule has 1 saturated heterocycles. The maximum Gasteiger partial charge on any atom is 0.144 e. The summed E-state index contributed by atoms with van der Waals surface area (Å²) in [5.41, 5.74) is 4.69. The molecule has 0 radical (unpaired) electrons. The predicted octanol–water partition coefficient (Wildman–Crippen LogP) is 5.02. The fraction of sp³-hybridized carbons (Fsp3) is 0.308. The Labute approximate surface area is 190 Å². The van der Waals surface area contributed by atoms with Crippen molar-refractivity contribution in [2.24, 2.45) is 0 Å². The van der Waals surface area contributed by atoms with Gasteiger partial charge >= 0.3 is 0 Å². The van der Waals surface area contributed by atoms with E-state index in [1.54, 1.807) is 6.07 Å². The lowest BCUT2D eigenvalue weighted by Gasteiger charge is -2.14. The number of aliphatic hydroxyl groups is 1. The highest BCUT2D eigenvalue weighted by Gasteiger charge is 2.47. The maximum absolute atomic E-state index is 15.1. The van der Waals surface area contributed by atoms with E-state index in [0.29, 0.717) is 10.6 Å². The molecule has 1 saturated carbocycles. The minimum Gasteiger partial charge on any atom is -0.395 e. The van der Waals surface area contributed by atoms with Gasteiger partial charge in [-0.25, -0.2) is 14.4 Å². The minimum atomic E-state index is -0.253. The number of hydrogen-bond donors (Lipinski definition) is 2. The second-order valence-electron chi connectivity index (χ2n) is 8.95. The van der Waals surface area contributed by atoms with Crippen LogP contribution in [-0.4, -0.2) is 34.3 Å².